The molecule has 0 radical (unpaired) electrons. The molecule has 2 fully saturated rings. The summed E-state index contributed by atoms with van der Waals surface area (Å²) in [6, 6.07) is 7.09. The molecule has 1 atom stereocenters. The molecule has 3 aliphatic heterocycles. The van der Waals surface area contributed by atoms with Gasteiger partial charge in [0.2, 0.25) is 11.5 Å². The van der Waals surface area contributed by atoms with Crippen LogP contribution >= 0.6 is 23.2 Å². The molecule has 5 rings (SSSR count). The quantitative estimate of drug-likeness (QED) is 0.424. The zero-order valence-corrected chi connectivity index (χ0v) is 20.9. The molecule has 2 aromatic rings. The maximum Gasteiger partial charge on any atom is 0.428 e. The summed E-state index contributed by atoms with van der Waals surface area (Å²) in [7, 11) is -3.19. The van der Waals surface area contributed by atoms with Crippen LogP contribution in [0.1, 0.15) is 16.7 Å². The minimum absolute atomic E-state index is 0.0787. The van der Waals surface area contributed by atoms with Gasteiger partial charge in [-0.1, -0.05) is 47.5 Å². The third kappa shape index (κ3) is 4.37. The molecule has 0 aliphatic carbocycles. The van der Waals surface area contributed by atoms with E-state index in [-0.39, 0.29) is 41.4 Å². The Kier molecular flexibility index (Phi) is 6.06. The van der Waals surface area contributed by atoms with Crippen molar-refractivity contribution in [2.45, 2.75) is 17.4 Å². The molecular weight excluding hydrogens is 566 g/mol. The van der Waals surface area contributed by atoms with Crippen molar-refractivity contribution < 1.29 is 40.0 Å². The number of hydroxylamine groups is 1. The number of halogens is 7. The Morgan fingerprint density at radius 3 is 2.14 bits per heavy atom. The van der Waals surface area contributed by atoms with E-state index in [1.807, 2.05) is 0 Å². The monoisotopic (exact) mass is 582 g/mol. The lowest BCUT2D eigenvalue weighted by molar-refractivity contribution is -0.269. The maximum absolute atomic E-state index is 15.3. The Labute approximate surface area is 217 Å². The Balaban J connectivity index is 1.35. The van der Waals surface area contributed by atoms with Crippen LogP contribution in [-0.2, 0) is 30.7 Å². The summed E-state index contributed by atoms with van der Waals surface area (Å²) in [5.74, 6) is -2.62. The van der Waals surface area contributed by atoms with Crippen molar-refractivity contribution in [3.05, 3.63) is 75.0 Å². The highest BCUT2D eigenvalue weighted by atomic mass is 35.5. The van der Waals surface area contributed by atoms with Gasteiger partial charge in [0.25, 0.3) is 0 Å². The molecule has 1 amide bonds. The van der Waals surface area contributed by atoms with Gasteiger partial charge in [-0.3, -0.25) is 15.1 Å². The number of rotatable bonds is 4. The number of likely N-dealkylation sites (tertiary alicyclic amines) is 1. The largest absolute Gasteiger partial charge is 0.428 e. The Morgan fingerprint density at radius 2 is 1.62 bits per heavy atom. The first-order valence-corrected chi connectivity index (χ1v) is 13.4. The molecule has 1 unspecified atom stereocenters. The summed E-state index contributed by atoms with van der Waals surface area (Å²) in [4.78, 5) is 18.5. The first-order chi connectivity index (χ1) is 17.1. The standard InChI is InChI=1S/C23H17Cl2F5N2O4S/c24-16-5-15(6-17(25)19(16)26)22(23(28,29)30)7-18(31-36-22)12-1-3-14(4-2-12)21(27)10-32(11-21)20(33)13-8-37(34,35)9-13/h1-7,13,31H,8-11H2. The molecular formula is C23H17Cl2F5N2O4S. The number of hydrogen-bond donors (Lipinski definition) is 1. The number of hydrogen-bond acceptors (Lipinski definition) is 5. The van der Waals surface area contributed by atoms with Crippen LogP contribution in [0, 0.1) is 11.7 Å². The van der Waals surface area contributed by atoms with Crippen molar-refractivity contribution in [2.24, 2.45) is 5.92 Å². The molecule has 0 aromatic heterocycles. The highest BCUT2D eigenvalue weighted by Gasteiger charge is 2.60. The van der Waals surface area contributed by atoms with Crippen molar-refractivity contribution in [3.63, 3.8) is 0 Å². The fourth-order valence-corrected chi connectivity index (χ4v) is 6.47. The third-order valence-electron chi connectivity index (χ3n) is 6.67. The van der Waals surface area contributed by atoms with Gasteiger partial charge < -0.3 is 4.90 Å². The third-order valence-corrected chi connectivity index (χ3v) is 9.04. The molecule has 6 nitrogen and oxygen atoms in total. The Hall–Kier alpha value is -2.41. The summed E-state index contributed by atoms with van der Waals surface area (Å²) in [6.45, 7) is -0.510. The van der Waals surface area contributed by atoms with Crippen LogP contribution in [-0.4, -0.2) is 50.0 Å². The summed E-state index contributed by atoms with van der Waals surface area (Å²) in [5.41, 5.74) is -2.84. The Bertz CT molecular complexity index is 1390. The number of benzene rings is 2. The van der Waals surface area contributed by atoms with Gasteiger partial charge in [-0.25, -0.2) is 17.2 Å². The number of sulfone groups is 1. The van der Waals surface area contributed by atoms with Gasteiger partial charge in [0.05, 0.1) is 46.3 Å². The van der Waals surface area contributed by atoms with Crippen LogP contribution in [0.3, 0.4) is 0 Å². The lowest BCUT2D eigenvalue weighted by Gasteiger charge is -2.46. The summed E-state index contributed by atoms with van der Waals surface area (Å²) in [6.07, 6.45) is -4.24. The molecule has 3 aliphatic rings. The van der Waals surface area contributed by atoms with Gasteiger partial charge in [0.1, 0.15) is 0 Å². The fraction of sp³-hybridized carbons (Fsp3) is 0.348. The number of carbonyl (C=O) groups is 1. The van der Waals surface area contributed by atoms with Gasteiger partial charge in [-0.05, 0) is 29.3 Å². The van der Waals surface area contributed by atoms with E-state index < -0.39 is 60.5 Å². The predicted octanol–water partition coefficient (Wildman–Crippen LogP) is 4.52. The molecule has 0 saturated carbocycles. The summed E-state index contributed by atoms with van der Waals surface area (Å²) < 4.78 is 94.2. The number of amides is 1. The molecule has 2 aromatic carbocycles. The topological polar surface area (TPSA) is 75.7 Å². The first-order valence-electron chi connectivity index (χ1n) is 10.8. The number of carbonyl (C=O) groups excluding carboxylic acids is 1. The fourth-order valence-electron chi connectivity index (χ4n) is 4.57. The number of nitrogens with one attached hydrogen (secondary N) is 1. The summed E-state index contributed by atoms with van der Waals surface area (Å²) >= 11 is 11.4. The highest BCUT2D eigenvalue weighted by Crippen LogP contribution is 2.49. The zero-order chi connectivity index (χ0) is 27.0. The maximum atomic E-state index is 15.3. The molecule has 14 heteroatoms. The van der Waals surface area contributed by atoms with E-state index in [0.29, 0.717) is 0 Å². The van der Waals surface area contributed by atoms with E-state index in [9.17, 15) is 30.8 Å². The van der Waals surface area contributed by atoms with Crippen molar-refractivity contribution in [1.29, 1.82) is 0 Å². The van der Waals surface area contributed by atoms with Gasteiger partial charge >= 0.3 is 6.18 Å². The van der Waals surface area contributed by atoms with Crippen LogP contribution in [0.15, 0.2) is 42.5 Å². The lowest BCUT2D eigenvalue weighted by Crippen LogP contribution is -2.62. The van der Waals surface area contributed by atoms with E-state index in [1.165, 1.54) is 29.2 Å². The minimum atomic E-state index is -4.99. The van der Waals surface area contributed by atoms with Gasteiger partial charge in [-0.2, -0.15) is 13.2 Å². The first kappa shape index (κ1) is 26.2. The predicted molar refractivity (Wildman–Crippen MR) is 124 cm³/mol. The highest BCUT2D eigenvalue weighted by molar-refractivity contribution is 7.92. The minimum Gasteiger partial charge on any atom is -0.335 e. The Morgan fingerprint density at radius 1 is 1.05 bits per heavy atom. The van der Waals surface area contributed by atoms with E-state index in [1.54, 1.807) is 0 Å². The average molecular weight is 583 g/mol. The molecule has 37 heavy (non-hydrogen) atoms. The van der Waals surface area contributed by atoms with Crippen molar-refractivity contribution in [2.75, 3.05) is 24.6 Å². The van der Waals surface area contributed by atoms with E-state index >= 15 is 4.39 Å². The average Bonchev–Trinajstić information content (AvgIpc) is 3.25. The van der Waals surface area contributed by atoms with Gasteiger partial charge in [-0.15, -0.1) is 0 Å². The van der Waals surface area contributed by atoms with Crippen molar-refractivity contribution in [3.8, 4) is 0 Å². The van der Waals surface area contributed by atoms with Gasteiger partial charge in [0, 0.05) is 5.56 Å². The molecule has 198 valence electrons. The van der Waals surface area contributed by atoms with Gasteiger partial charge in [0.15, 0.2) is 21.3 Å². The molecule has 1 N–H and O–H groups in total. The van der Waals surface area contributed by atoms with Crippen LogP contribution in [0.25, 0.3) is 5.70 Å². The smallest absolute Gasteiger partial charge is 0.335 e. The van der Waals surface area contributed by atoms with E-state index in [0.717, 1.165) is 18.2 Å². The van der Waals surface area contributed by atoms with Crippen LogP contribution < -0.4 is 5.48 Å². The second-order valence-electron chi connectivity index (χ2n) is 9.26. The number of alkyl halides is 4. The van der Waals surface area contributed by atoms with Crippen LogP contribution in [0.5, 0.6) is 0 Å². The molecule has 3 heterocycles. The molecule has 0 bridgehead atoms. The second kappa shape index (κ2) is 8.55. The lowest BCUT2D eigenvalue weighted by atomic mass is 9.86. The van der Waals surface area contributed by atoms with Crippen LogP contribution in [0.2, 0.25) is 10.0 Å². The normalized spacial score (nSPS) is 24.6. The summed E-state index contributed by atoms with van der Waals surface area (Å²) in [5, 5.41) is -1.22. The number of nitrogens with zero attached hydrogens (tertiary/aromatic N) is 1. The zero-order valence-electron chi connectivity index (χ0n) is 18.6. The van der Waals surface area contributed by atoms with Crippen molar-refractivity contribution in [1.82, 2.24) is 10.4 Å². The molecule has 2 saturated heterocycles. The van der Waals surface area contributed by atoms with E-state index in [2.05, 4.69) is 5.48 Å². The SMILES string of the molecule is O=C(C1CS(=O)(=O)C1)N1CC(F)(c2ccc(C3=CC(c4cc(Cl)c(F)c(Cl)c4)(C(F)(F)F)ON3)cc2)C1. The molecule has 0 spiro atoms. The van der Waals surface area contributed by atoms with Crippen LogP contribution in [0.4, 0.5) is 22.0 Å². The van der Waals surface area contributed by atoms with Crippen molar-refractivity contribution >= 4 is 44.6 Å². The van der Waals surface area contributed by atoms with E-state index in [4.69, 9.17) is 28.0 Å². The second-order valence-corrected chi connectivity index (χ2v) is 12.2.